The molecule has 0 amide bonds. The summed E-state index contributed by atoms with van der Waals surface area (Å²) < 4.78 is 7.50. The van der Waals surface area contributed by atoms with Crippen LogP contribution in [0.5, 0.6) is 5.75 Å². The molecule has 21 heavy (non-hydrogen) atoms. The van der Waals surface area contributed by atoms with E-state index in [0.29, 0.717) is 6.61 Å². The molecule has 2 aromatic carbocycles. The molecule has 0 N–H and O–H groups in total. The molecule has 0 spiro atoms. The largest absolute Gasteiger partial charge is 0.494 e. The lowest BCUT2D eigenvalue weighted by molar-refractivity contribution is 0.340. The SMILES string of the molecule is CCOc1cccc(-c2nc3n(n2)Cc2ccccc2-3)c1. The third-order valence-corrected chi connectivity index (χ3v) is 3.65. The van der Waals surface area contributed by atoms with Crippen molar-refractivity contribution in [2.45, 2.75) is 13.5 Å². The third kappa shape index (κ3) is 2.00. The van der Waals surface area contributed by atoms with E-state index in [-0.39, 0.29) is 0 Å². The average Bonchev–Trinajstić information content (AvgIpc) is 3.05. The van der Waals surface area contributed by atoms with Gasteiger partial charge < -0.3 is 4.74 Å². The van der Waals surface area contributed by atoms with Crippen molar-refractivity contribution >= 4 is 0 Å². The zero-order chi connectivity index (χ0) is 14.2. The Morgan fingerprint density at radius 2 is 2.05 bits per heavy atom. The lowest BCUT2D eigenvalue weighted by Gasteiger charge is -2.03. The van der Waals surface area contributed by atoms with Gasteiger partial charge in [-0.3, -0.25) is 0 Å². The second-order valence-electron chi connectivity index (χ2n) is 5.03. The number of benzene rings is 2. The molecule has 4 rings (SSSR count). The van der Waals surface area contributed by atoms with Gasteiger partial charge in [0.05, 0.1) is 13.2 Å². The minimum atomic E-state index is 0.657. The molecule has 104 valence electrons. The van der Waals surface area contributed by atoms with Gasteiger partial charge in [0.25, 0.3) is 0 Å². The normalized spacial score (nSPS) is 12.0. The highest BCUT2D eigenvalue weighted by atomic mass is 16.5. The highest BCUT2D eigenvalue weighted by molar-refractivity contribution is 5.68. The van der Waals surface area contributed by atoms with E-state index in [1.165, 1.54) is 11.1 Å². The molecule has 1 aromatic heterocycles. The molecule has 0 bridgehead atoms. The molecule has 2 heterocycles. The van der Waals surface area contributed by atoms with Crippen molar-refractivity contribution in [3.8, 4) is 28.5 Å². The van der Waals surface area contributed by atoms with Gasteiger partial charge in [-0.1, -0.05) is 36.4 Å². The molecule has 0 radical (unpaired) electrons. The quantitative estimate of drug-likeness (QED) is 0.576. The third-order valence-electron chi connectivity index (χ3n) is 3.65. The fourth-order valence-electron chi connectivity index (χ4n) is 2.70. The highest BCUT2D eigenvalue weighted by Gasteiger charge is 2.22. The summed E-state index contributed by atoms with van der Waals surface area (Å²) in [7, 11) is 0. The van der Waals surface area contributed by atoms with Crippen LogP contribution in [0.1, 0.15) is 12.5 Å². The number of hydrogen-bond acceptors (Lipinski definition) is 3. The fraction of sp³-hybridized carbons (Fsp3) is 0.176. The van der Waals surface area contributed by atoms with E-state index in [1.807, 2.05) is 41.9 Å². The Hall–Kier alpha value is -2.62. The lowest BCUT2D eigenvalue weighted by atomic mass is 10.1. The summed E-state index contributed by atoms with van der Waals surface area (Å²) in [4.78, 5) is 4.70. The van der Waals surface area contributed by atoms with Gasteiger partial charge in [0, 0.05) is 11.1 Å². The first-order chi connectivity index (χ1) is 10.3. The van der Waals surface area contributed by atoms with Crippen LogP contribution >= 0.6 is 0 Å². The number of rotatable bonds is 3. The molecule has 4 heteroatoms. The zero-order valence-electron chi connectivity index (χ0n) is 11.8. The maximum Gasteiger partial charge on any atom is 0.181 e. The molecule has 0 fully saturated rings. The smallest absolute Gasteiger partial charge is 0.181 e. The lowest BCUT2D eigenvalue weighted by Crippen LogP contribution is -1.96. The maximum atomic E-state index is 5.54. The van der Waals surface area contributed by atoms with Crippen molar-refractivity contribution in [2.75, 3.05) is 6.61 Å². The van der Waals surface area contributed by atoms with Crippen LogP contribution in [0.3, 0.4) is 0 Å². The summed E-state index contributed by atoms with van der Waals surface area (Å²) in [6, 6.07) is 16.2. The Kier molecular flexibility index (Phi) is 2.74. The Bertz CT molecular complexity index is 807. The highest BCUT2D eigenvalue weighted by Crippen LogP contribution is 2.32. The van der Waals surface area contributed by atoms with Gasteiger partial charge in [-0.2, -0.15) is 5.10 Å². The standard InChI is InChI=1S/C17H15N3O/c1-2-21-14-8-5-7-12(10-14)16-18-17-15-9-4-3-6-13(15)11-20(17)19-16/h3-10H,2,11H2,1H3. The Labute approximate surface area is 123 Å². The van der Waals surface area contributed by atoms with Crippen molar-refractivity contribution < 1.29 is 4.74 Å². The van der Waals surface area contributed by atoms with Gasteiger partial charge in [-0.15, -0.1) is 0 Å². The van der Waals surface area contributed by atoms with Crippen LogP contribution in [0.4, 0.5) is 0 Å². The minimum Gasteiger partial charge on any atom is -0.494 e. The van der Waals surface area contributed by atoms with Crippen molar-refractivity contribution in [2.24, 2.45) is 0 Å². The van der Waals surface area contributed by atoms with Crippen molar-refractivity contribution in [1.82, 2.24) is 14.8 Å². The Morgan fingerprint density at radius 1 is 1.14 bits per heavy atom. The number of hydrogen-bond donors (Lipinski definition) is 0. The van der Waals surface area contributed by atoms with Crippen LogP contribution in [0, 0.1) is 0 Å². The molecule has 0 saturated heterocycles. The minimum absolute atomic E-state index is 0.657. The molecule has 4 nitrogen and oxygen atoms in total. The number of ether oxygens (including phenoxy) is 1. The summed E-state index contributed by atoms with van der Waals surface area (Å²) in [5.41, 5.74) is 3.44. The second-order valence-corrected chi connectivity index (χ2v) is 5.03. The summed E-state index contributed by atoms with van der Waals surface area (Å²) in [6.07, 6.45) is 0. The summed E-state index contributed by atoms with van der Waals surface area (Å²) in [6.45, 7) is 3.43. The molecule has 1 aliphatic rings. The molecular weight excluding hydrogens is 262 g/mol. The molecule has 0 saturated carbocycles. The van der Waals surface area contributed by atoms with E-state index >= 15 is 0 Å². The zero-order valence-corrected chi connectivity index (χ0v) is 11.8. The number of nitrogens with zero attached hydrogens (tertiary/aromatic N) is 3. The molecule has 0 aliphatic carbocycles. The predicted molar refractivity (Wildman–Crippen MR) is 81.2 cm³/mol. The van der Waals surface area contributed by atoms with Gasteiger partial charge in [-0.25, -0.2) is 9.67 Å². The number of aromatic nitrogens is 3. The van der Waals surface area contributed by atoms with Gasteiger partial charge in [-0.05, 0) is 24.6 Å². The topological polar surface area (TPSA) is 39.9 Å². The van der Waals surface area contributed by atoms with Crippen molar-refractivity contribution in [3.05, 3.63) is 54.1 Å². The summed E-state index contributed by atoms with van der Waals surface area (Å²) in [5.74, 6) is 2.55. The molecule has 0 unspecified atom stereocenters. The molecule has 1 aliphatic heterocycles. The summed E-state index contributed by atoms with van der Waals surface area (Å²) in [5, 5.41) is 4.63. The first-order valence-electron chi connectivity index (χ1n) is 7.11. The monoisotopic (exact) mass is 277 g/mol. The van der Waals surface area contributed by atoms with E-state index in [9.17, 15) is 0 Å². The van der Waals surface area contributed by atoms with Gasteiger partial charge in [0.15, 0.2) is 11.6 Å². The Balaban J connectivity index is 1.75. The van der Waals surface area contributed by atoms with Gasteiger partial charge >= 0.3 is 0 Å². The second kappa shape index (κ2) is 4.74. The van der Waals surface area contributed by atoms with Crippen LogP contribution in [0.25, 0.3) is 22.8 Å². The van der Waals surface area contributed by atoms with Crippen LogP contribution in [-0.2, 0) is 6.54 Å². The predicted octanol–water partition coefficient (Wildman–Crippen LogP) is 3.37. The van der Waals surface area contributed by atoms with Crippen molar-refractivity contribution in [3.63, 3.8) is 0 Å². The van der Waals surface area contributed by atoms with E-state index in [2.05, 4.69) is 23.3 Å². The maximum absolute atomic E-state index is 5.54. The Morgan fingerprint density at radius 3 is 2.95 bits per heavy atom. The summed E-state index contributed by atoms with van der Waals surface area (Å²) >= 11 is 0. The van der Waals surface area contributed by atoms with E-state index in [0.717, 1.165) is 29.5 Å². The van der Waals surface area contributed by atoms with Crippen LogP contribution in [0.2, 0.25) is 0 Å². The van der Waals surface area contributed by atoms with Crippen LogP contribution in [-0.4, -0.2) is 21.4 Å². The first kappa shape index (κ1) is 12.1. The van der Waals surface area contributed by atoms with Crippen LogP contribution in [0.15, 0.2) is 48.5 Å². The average molecular weight is 277 g/mol. The fourth-order valence-corrected chi connectivity index (χ4v) is 2.70. The van der Waals surface area contributed by atoms with Crippen molar-refractivity contribution in [1.29, 1.82) is 0 Å². The van der Waals surface area contributed by atoms with Gasteiger partial charge in [0.2, 0.25) is 0 Å². The molecule has 3 aromatic rings. The van der Waals surface area contributed by atoms with Gasteiger partial charge in [0.1, 0.15) is 5.75 Å². The van der Waals surface area contributed by atoms with E-state index < -0.39 is 0 Å². The van der Waals surface area contributed by atoms with E-state index in [4.69, 9.17) is 9.72 Å². The van der Waals surface area contributed by atoms with E-state index in [1.54, 1.807) is 0 Å². The van der Waals surface area contributed by atoms with Crippen LogP contribution < -0.4 is 4.74 Å². The number of fused-ring (bicyclic) bond motifs is 3. The first-order valence-corrected chi connectivity index (χ1v) is 7.11. The molecule has 0 atom stereocenters. The molecular formula is C17H15N3O.